The highest BCUT2D eigenvalue weighted by molar-refractivity contribution is 6.08. The van der Waals surface area contributed by atoms with Crippen molar-refractivity contribution in [2.45, 2.75) is 36.7 Å². The third-order valence-corrected chi connectivity index (χ3v) is 13.4. The number of rotatable bonds is 4. The average Bonchev–Trinajstić information content (AvgIpc) is 3.95. The van der Waals surface area contributed by atoms with Crippen molar-refractivity contribution in [3.8, 4) is 34.1 Å². The van der Waals surface area contributed by atoms with Crippen molar-refractivity contribution >= 4 is 33.9 Å². The maximum Gasteiger partial charge on any atom is 0.178 e. The zero-order valence-corrected chi connectivity index (χ0v) is 30.7. The van der Waals surface area contributed by atoms with Crippen molar-refractivity contribution in [3.05, 3.63) is 179 Å². The van der Waals surface area contributed by atoms with Crippen molar-refractivity contribution in [1.29, 1.82) is 0 Å². The first-order chi connectivity index (χ1) is 27.2. The van der Waals surface area contributed by atoms with E-state index < -0.39 is 5.60 Å². The quantitative estimate of drug-likeness (QED) is 0.182. The maximum absolute atomic E-state index is 7.72. The summed E-state index contributed by atoms with van der Waals surface area (Å²) in [4.78, 5) is 2.29. The van der Waals surface area contributed by atoms with Gasteiger partial charge in [-0.2, -0.15) is 0 Å². The molecule has 2 saturated carbocycles. The fraction of sp³-hybridized carbons (Fsp3) is 0.176. The highest BCUT2D eigenvalue weighted by atomic mass is 16.5. The highest BCUT2D eigenvalue weighted by Crippen LogP contribution is 2.68. The van der Waals surface area contributed by atoms with E-state index in [0.29, 0.717) is 5.92 Å². The molecule has 0 amide bonds. The van der Waals surface area contributed by atoms with Crippen molar-refractivity contribution in [2.75, 3.05) is 12.0 Å². The Hall–Kier alpha value is -6.26. The van der Waals surface area contributed by atoms with Gasteiger partial charge in [-0.05, 0) is 113 Å². The Balaban J connectivity index is 1.06. The molecular formula is C51H39NO3. The monoisotopic (exact) mass is 713 g/mol. The predicted molar refractivity (Wildman–Crippen MR) is 220 cm³/mol. The van der Waals surface area contributed by atoms with E-state index in [9.17, 15) is 0 Å². The lowest BCUT2D eigenvalue weighted by atomic mass is 9.65. The van der Waals surface area contributed by atoms with Gasteiger partial charge in [-0.1, -0.05) is 110 Å². The molecule has 0 radical (unpaired) electrons. The minimum atomic E-state index is -0.886. The van der Waals surface area contributed by atoms with Crippen LogP contribution in [0.25, 0.3) is 28.0 Å². The Morgan fingerprint density at radius 2 is 1.33 bits per heavy atom. The van der Waals surface area contributed by atoms with Crippen LogP contribution in [0.5, 0.6) is 23.0 Å². The fourth-order valence-corrected chi connectivity index (χ4v) is 11.2. The maximum atomic E-state index is 7.72. The number of para-hydroxylation sites is 4. The number of benzene rings is 7. The number of ether oxygens (including phenoxy) is 3. The van der Waals surface area contributed by atoms with Crippen molar-refractivity contribution in [2.24, 2.45) is 11.8 Å². The summed E-state index contributed by atoms with van der Waals surface area (Å²) in [6, 6.07) is 52.0. The summed E-state index contributed by atoms with van der Waals surface area (Å²) in [5, 5.41) is 2.44. The largest absolute Gasteiger partial charge is 0.497 e. The van der Waals surface area contributed by atoms with Gasteiger partial charge in [-0.3, -0.25) is 0 Å². The molecule has 2 bridgehead atoms. The Kier molecular flexibility index (Phi) is 6.44. The number of hydrogen-bond donors (Lipinski definition) is 0. The van der Waals surface area contributed by atoms with E-state index in [1.807, 2.05) is 36.4 Å². The van der Waals surface area contributed by atoms with E-state index in [0.717, 1.165) is 62.5 Å². The SMILES string of the molecule is COc1ccc(C2(c3ccc(N4c5ccccc5Oc5ccccc54)cc3)C=Cc3c4c(c5ccccc5c3O2)-c2ccccc2C42CC3CCC2C3)cc1. The summed E-state index contributed by atoms with van der Waals surface area (Å²) < 4.78 is 19.7. The van der Waals surface area contributed by atoms with Crippen LogP contribution in [-0.2, 0) is 11.0 Å². The zero-order valence-electron chi connectivity index (χ0n) is 30.7. The highest BCUT2D eigenvalue weighted by Gasteiger charge is 2.58. The molecular weight excluding hydrogens is 675 g/mol. The van der Waals surface area contributed by atoms with E-state index in [1.54, 1.807) is 7.11 Å². The van der Waals surface area contributed by atoms with Gasteiger partial charge in [0.25, 0.3) is 0 Å². The molecule has 266 valence electrons. The number of fused-ring (bicyclic) bond motifs is 15. The molecule has 1 spiro atoms. The Labute approximate surface area is 321 Å². The van der Waals surface area contributed by atoms with Gasteiger partial charge in [0, 0.05) is 33.2 Å². The van der Waals surface area contributed by atoms with Gasteiger partial charge in [-0.25, -0.2) is 0 Å². The molecule has 0 N–H and O–H groups in total. The molecule has 55 heavy (non-hydrogen) atoms. The first-order valence-corrected chi connectivity index (χ1v) is 19.6. The van der Waals surface area contributed by atoms with Crippen LogP contribution in [0, 0.1) is 11.8 Å². The van der Waals surface area contributed by atoms with Crippen molar-refractivity contribution in [3.63, 3.8) is 0 Å². The number of anilines is 3. The molecule has 4 nitrogen and oxygen atoms in total. The molecule has 7 aromatic carbocycles. The van der Waals surface area contributed by atoms with Crippen LogP contribution >= 0.6 is 0 Å². The second kappa shape index (κ2) is 11.4. The minimum absolute atomic E-state index is 0.0170. The normalized spacial score (nSPS) is 23.4. The summed E-state index contributed by atoms with van der Waals surface area (Å²) >= 11 is 0. The van der Waals surface area contributed by atoms with Crippen LogP contribution < -0.4 is 19.1 Å². The first kappa shape index (κ1) is 31.1. The van der Waals surface area contributed by atoms with Crippen LogP contribution in [-0.4, -0.2) is 7.11 Å². The summed E-state index contributed by atoms with van der Waals surface area (Å²) in [5.74, 6) is 4.90. The van der Waals surface area contributed by atoms with E-state index in [4.69, 9.17) is 14.2 Å². The topological polar surface area (TPSA) is 30.9 Å². The van der Waals surface area contributed by atoms with Crippen LogP contribution in [0.3, 0.4) is 0 Å². The lowest BCUT2D eigenvalue weighted by Crippen LogP contribution is -2.36. The van der Waals surface area contributed by atoms with Gasteiger partial charge in [-0.15, -0.1) is 0 Å². The molecule has 3 aliphatic carbocycles. The van der Waals surface area contributed by atoms with Crippen molar-refractivity contribution in [1.82, 2.24) is 0 Å². The van der Waals surface area contributed by atoms with E-state index in [1.165, 1.54) is 58.9 Å². The smallest absolute Gasteiger partial charge is 0.178 e. The van der Waals surface area contributed by atoms with Crippen LogP contribution in [0.15, 0.2) is 152 Å². The third kappa shape index (κ3) is 4.17. The fourth-order valence-electron chi connectivity index (χ4n) is 11.2. The first-order valence-electron chi connectivity index (χ1n) is 19.6. The number of hydrogen-bond acceptors (Lipinski definition) is 4. The third-order valence-electron chi connectivity index (χ3n) is 13.4. The summed E-state index contributed by atoms with van der Waals surface area (Å²) in [7, 11) is 1.72. The molecule has 0 aromatic heterocycles. The second-order valence-electron chi connectivity index (χ2n) is 16.0. The van der Waals surface area contributed by atoms with Gasteiger partial charge >= 0.3 is 0 Å². The van der Waals surface area contributed by atoms with Gasteiger partial charge in [0.05, 0.1) is 18.5 Å². The van der Waals surface area contributed by atoms with Gasteiger partial charge in [0.1, 0.15) is 11.5 Å². The molecule has 4 unspecified atom stereocenters. The molecule has 4 heteroatoms. The van der Waals surface area contributed by atoms with Crippen molar-refractivity contribution < 1.29 is 14.2 Å². The lowest BCUT2D eigenvalue weighted by Gasteiger charge is -2.41. The Morgan fingerprint density at radius 1 is 0.673 bits per heavy atom. The average molecular weight is 714 g/mol. The lowest BCUT2D eigenvalue weighted by molar-refractivity contribution is 0.163. The number of methoxy groups -OCH3 is 1. The Morgan fingerprint density at radius 3 is 2.02 bits per heavy atom. The van der Waals surface area contributed by atoms with E-state index in [-0.39, 0.29) is 5.41 Å². The molecule has 4 atom stereocenters. The minimum Gasteiger partial charge on any atom is -0.497 e. The van der Waals surface area contributed by atoms with Gasteiger partial charge < -0.3 is 19.1 Å². The molecule has 2 aliphatic heterocycles. The zero-order chi connectivity index (χ0) is 36.3. The van der Waals surface area contributed by atoms with Gasteiger partial charge in [0.15, 0.2) is 17.1 Å². The molecule has 0 saturated heterocycles. The van der Waals surface area contributed by atoms with Crippen LogP contribution in [0.4, 0.5) is 17.1 Å². The Bertz CT molecular complexity index is 2690. The standard InChI is InChI=1S/C51H39NO3/c1-53-37-26-22-34(23-27-37)51(33-20-24-36(25-21-33)52-43-14-6-8-16-45(43)54-46-17-9-7-15-44(46)52)29-28-41-48-47(38-10-2-3-11-39(38)49(41)55-51)40-12-4-5-13-42(40)50(48)31-32-18-19-35(50)30-32/h2-17,20-29,32,35H,18-19,30-31H2,1H3. The van der Waals surface area contributed by atoms with Gasteiger partial charge in [0.2, 0.25) is 0 Å². The summed E-state index contributed by atoms with van der Waals surface area (Å²) in [6.07, 6.45) is 9.93. The second-order valence-corrected chi connectivity index (χ2v) is 16.0. The molecule has 12 rings (SSSR count). The molecule has 7 aromatic rings. The van der Waals surface area contributed by atoms with Crippen LogP contribution in [0.2, 0.25) is 0 Å². The molecule has 2 fully saturated rings. The van der Waals surface area contributed by atoms with Crippen LogP contribution in [0.1, 0.15) is 53.5 Å². The molecule has 2 heterocycles. The van der Waals surface area contributed by atoms with E-state index in [2.05, 4.69) is 126 Å². The summed E-state index contributed by atoms with van der Waals surface area (Å²) in [6.45, 7) is 0. The predicted octanol–water partition coefficient (Wildman–Crippen LogP) is 12.9. The number of nitrogens with zero attached hydrogens (tertiary/aromatic N) is 1. The molecule has 5 aliphatic rings. The van der Waals surface area contributed by atoms with E-state index >= 15 is 0 Å². The summed E-state index contributed by atoms with van der Waals surface area (Å²) in [5.41, 5.74) is 11.4.